The van der Waals surface area contributed by atoms with Gasteiger partial charge in [-0.25, -0.2) is 0 Å². The van der Waals surface area contributed by atoms with Crippen molar-refractivity contribution in [1.82, 2.24) is 10.2 Å². The number of likely N-dealkylation sites (N-methyl/N-ethyl adjacent to an activating group) is 1. The molecule has 1 aliphatic rings. The van der Waals surface area contributed by atoms with Crippen LogP contribution < -0.4 is 5.32 Å². The summed E-state index contributed by atoms with van der Waals surface area (Å²) in [5.74, 6) is 0.179. The molecule has 0 aromatic carbocycles. The number of carbonyl (C=O) groups excluding carboxylic acids is 1. The first kappa shape index (κ1) is 13.5. The summed E-state index contributed by atoms with van der Waals surface area (Å²) in [6.45, 7) is 11.1. The largest absolute Gasteiger partial charge is 0.379 e. The number of ether oxygens (including phenoxy) is 1. The van der Waals surface area contributed by atoms with Crippen molar-refractivity contribution in [2.24, 2.45) is 0 Å². The molecule has 1 heterocycles. The van der Waals surface area contributed by atoms with Gasteiger partial charge in [0.2, 0.25) is 5.91 Å². The maximum absolute atomic E-state index is 12.1. The fraction of sp³-hybridized carbons (Fsp3) is 0.917. The van der Waals surface area contributed by atoms with Crippen LogP contribution in [0.25, 0.3) is 0 Å². The predicted molar refractivity (Wildman–Crippen MR) is 64.4 cm³/mol. The van der Waals surface area contributed by atoms with Crippen LogP contribution in [0.15, 0.2) is 0 Å². The van der Waals surface area contributed by atoms with Crippen molar-refractivity contribution in [3.8, 4) is 0 Å². The van der Waals surface area contributed by atoms with Gasteiger partial charge in [0, 0.05) is 25.2 Å². The minimum Gasteiger partial charge on any atom is -0.379 e. The Labute approximate surface area is 98.3 Å². The minimum atomic E-state index is -0.133. The van der Waals surface area contributed by atoms with Gasteiger partial charge in [-0.1, -0.05) is 0 Å². The number of carbonyl (C=O) groups is 1. The number of nitrogens with zero attached hydrogens (tertiary/aromatic N) is 1. The van der Waals surface area contributed by atoms with Crippen molar-refractivity contribution < 1.29 is 9.53 Å². The highest BCUT2D eigenvalue weighted by atomic mass is 16.5. The smallest absolute Gasteiger partial charge is 0.239 e. The van der Waals surface area contributed by atoms with Crippen LogP contribution in [0.3, 0.4) is 0 Å². The molecule has 0 aromatic heterocycles. The summed E-state index contributed by atoms with van der Waals surface area (Å²) in [7, 11) is 0. The molecule has 0 aliphatic carbocycles. The number of hydrogen-bond donors (Lipinski definition) is 1. The lowest BCUT2D eigenvalue weighted by Crippen LogP contribution is -2.54. The van der Waals surface area contributed by atoms with Crippen LogP contribution in [-0.2, 0) is 9.53 Å². The molecule has 16 heavy (non-hydrogen) atoms. The van der Waals surface area contributed by atoms with Crippen LogP contribution >= 0.6 is 0 Å². The molecule has 1 amide bonds. The van der Waals surface area contributed by atoms with Gasteiger partial charge in [0.1, 0.15) is 0 Å². The Morgan fingerprint density at radius 2 is 2.12 bits per heavy atom. The van der Waals surface area contributed by atoms with E-state index in [0.717, 1.165) is 26.1 Å². The van der Waals surface area contributed by atoms with Gasteiger partial charge in [0.05, 0.1) is 12.6 Å². The Morgan fingerprint density at radius 3 is 2.56 bits per heavy atom. The van der Waals surface area contributed by atoms with E-state index in [1.54, 1.807) is 0 Å². The zero-order valence-electron chi connectivity index (χ0n) is 10.9. The van der Waals surface area contributed by atoms with Gasteiger partial charge in [-0.3, -0.25) is 10.1 Å². The van der Waals surface area contributed by atoms with Gasteiger partial charge < -0.3 is 9.64 Å². The van der Waals surface area contributed by atoms with Crippen LogP contribution in [0.2, 0.25) is 0 Å². The minimum absolute atomic E-state index is 0.0395. The molecule has 4 heteroatoms. The van der Waals surface area contributed by atoms with Crippen molar-refractivity contribution in [2.75, 3.05) is 26.3 Å². The quantitative estimate of drug-likeness (QED) is 0.763. The molecule has 94 valence electrons. The molecule has 1 rings (SSSR count). The van der Waals surface area contributed by atoms with E-state index in [9.17, 15) is 4.79 Å². The van der Waals surface area contributed by atoms with Gasteiger partial charge in [-0.05, 0) is 34.1 Å². The van der Waals surface area contributed by atoms with E-state index < -0.39 is 0 Å². The molecule has 1 saturated heterocycles. The van der Waals surface area contributed by atoms with E-state index in [2.05, 4.69) is 12.2 Å². The Bertz CT molecular complexity index is 233. The topological polar surface area (TPSA) is 41.6 Å². The highest BCUT2D eigenvalue weighted by Crippen LogP contribution is 2.18. The maximum atomic E-state index is 12.1. The summed E-state index contributed by atoms with van der Waals surface area (Å²) < 4.78 is 5.37. The van der Waals surface area contributed by atoms with E-state index >= 15 is 0 Å². The number of rotatable bonds is 5. The lowest BCUT2D eigenvalue weighted by atomic mass is 10.0. The van der Waals surface area contributed by atoms with E-state index in [4.69, 9.17) is 4.74 Å². The normalized spacial score (nSPS) is 26.8. The summed E-state index contributed by atoms with van der Waals surface area (Å²) >= 11 is 0. The highest BCUT2D eigenvalue weighted by molar-refractivity contribution is 5.81. The van der Waals surface area contributed by atoms with Crippen molar-refractivity contribution in [3.05, 3.63) is 0 Å². The second kappa shape index (κ2) is 5.64. The Kier molecular flexibility index (Phi) is 4.74. The molecule has 0 radical (unpaired) electrons. The standard InChI is InChI=1S/C12H24N2O2/c1-5-14(6-2)11(15)10(3)13-12(4)7-8-16-9-12/h10,13H,5-9H2,1-4H3. The average Bonchev–Trinajstić information content (AvgIpc) is 2.66. The van der Waals surface area contributed by atoms with Crippen LogP contribution in [-0.4, -0.2) is 48.7 Å². The van der Waals surface area contributed by atoms with Gasteiger partial charge in [-0.2, -0.15) is 0 Å². The monoisotopic (exact) mass is 228 g/mol. The molecule has 1 fully saturated rings. The van der Waals surface area contributed by atoms with Crippen LogP contribution in [0.4, 0.5) is 0 Å². The van der Waals surface area contributed by atoms with E-state index in [-0.39, 0.29) is 17.5 Å². The van der Waals surface area contributed by atoms with Crippen molar-refractivity contribution in [3.63, 3.8) is 0 Å². The predicted octanol–water partition coefficient (Wildman–Crippen LogP) is 1.01. The molecular weight excluding hydrogens is 204 g/mol. The molecule has 1 aliphatic heterocycles. The van der Waals surface area contributed by atoms with Crippen molar-refractivity contribution >= 4 is 5.91 Å². The fourth-order valence-corrected chi connectivity index (χ4v) is 2.17. The lowest BCUT2D eigenvalue weighted by molar-refractivity contribution is -0.133. The zero-order chi connectivity index (χ0) is 12.2. The molecule has 0 aromatic rings. The molecule has 4 nitrogen and oxygen atoms in total. The third-order valence-electron chi connectivity index (χ3n) is 3.23. The van der Waals surface area contributed by atoms with E-state index in [0.29, 0.717) is 6.61 Å². The SMILES string of the molecule is CCN(CC)C(=O)C(C)NC1(C)CCOC1. The number of hydrogen-bond acceptors (Lipinski definition) is 3. The van der Waals surface area contributed by atoms with Crippen LogP contribution in [0.1, 0.15) is 34.1 Å². The van der Waals surface area contributed by atoms with Gasteiger partial charge >= 0.3 is 0 Å². The van der Waals surface area contributed by atoms with Crippen molar-refractivity contribution in [1.29, 1.82) is 0 Å². The van der Waals surface area contributed by atoms with E-state index in [1.165, 1.54) is 0 Å². The summed E-state index contributed by atoms with van der Waals surface area (Å²) in [6, 6.07) is -0.133. The summed E-state index contributed by atoms with van der Waals surface area (Å²) in [4.78, 5) is 13.9. The molecule has 0 saturated carbocycles. The first-order chi connectivity index (χ1) is 7.52. The summed E-state index contributed by atoms with van der Waals surface area (Å²) in [6.07, 6.45) is 0.975. The Balaban J connectivity index is 2.50. The highest BCUT2D eigenvalue weighted by Gasteiger charge is 2.33. The summed E-state index contributed by atoms with van der Waals surface area (Å²) in [5, 5.41) is 3.39. The zero-order valence-corrected chi connectivity index (χ0v) is 10.9. The van der Waals surface area contributed by atoms with Crippen LogP contribution in [0, 0.1) is 0 Å². The second-order valence-electron chi connectivity index (χ2n) is 4.74. The third kappa shape index (κ3) is 3.19. The van der Waals surface area contributed by atoms with Gasteiger partial charge in [0.25, 0.3) is 0 Å². The molecule has 2 atom stereocenters. The molecular formula is C12H24N2O2. The average molecular weight is 228 g/mol. The number of amides is 1. The molecule has 1 N–H and O–H groups in total. The fourth-order valence-electron chi connectivity index (χ4n) is 2.17. The molecule has 0 spiro atoms. The number of nitrogens with one attached hydrogen (secondary N) is 1. The Morgan fingerprint density at radius 1 is 1.50 bits per heavy atom. The lowest BCUT2D eigenvalue weighted by Gasteiger charge is -2.30. The van der Waals surface area contributed by atoms with Crippen molar-refractivity contribution in [2.45, 2.75) is 45.7 Å². The summed E-state index contributed by atoms with van der Waals surface area (Å²) in [5.41, 5.74) is -0.0395. The first-order valence-corrected chi connectivity index (χ1v) is 6.16. The molecule has 2 unspecified atom stereocenters. The first-order valence-electron chi connectivity index (χ1n) is 6.16. The third-order valence-corrected chi connectivity index (χ3v) is 3.23. The van der Waals surface area contributed by atoms with Gasteiger partial charge in [0.15, 0.2) is 0 Å². The van der Waals surface area contributed by atoms with E-state index in [1.807, 2.05) is 25.7 Å². The Hall–Kier alpha value is -0.610. The van der Waals surface area contributed by atoms with Crippen LogP contribution in [0.5, 0.6) is 0 Å². The second-order valence-corrected chi connectivity index (χ2v) is 4.74. The molecule has 0 bridgehead atoms. The maximum Gasteiger partial charge on any atom is 0.239 e. The van der Waals surface area contributed by atoms with Gasteiger partial charge in [-0.15, -0.1) is 0 Å².